The highest BCUT2D eigenvalue weighted by atomic mass is 32.1. The first kappa shape index (κ1) is 13.3. The molecular weight excluding hydrogens is 266 g/mol. The van der Waals surface area contributed by atoms with Crippen molar-refractivity contribution >= 4 is 28.9 Å². The molecule has 19 heavy (non-hydrogen) atoms. The third-order valence-corrected chi connectivity index (χ3v) is 3.65. The van der Waals surface area contributed by atoms with Gasteiger partial charge >= 0.3 is 5.97 Å². The van der Waals surface area contributed by atoms with Gasteiger partial charge in [-0.3, -0.25) is 9.89 Å². The first-order valence-corrected chi connectivity index (χ1v) is 6.48. The van der Waals surface area contributed by atoms with E-state index in [1.807, 2.05) is 13.8 Å². The molecule has 2 aromatic heterocycles. The van der Waals surface area contributed by atoms with Crippen molar-refractivity contribution in [2.24, 2.45) is 0 Å². The van der Waals surface area contributed by atoms with E-state index < -0.39 is 5.97 Å². The lowest BCUT2D eigenvalue weighted by atomic mass is 10.1. The number of rotatable bonds is 4. The second-order valence-corrected chi connectivity index (χ2v) is 5.02. The largest absolute Gasteiger partial charge is 0.477 e. The molecule has 0 saturated heterocycles. The third-order valence-electron chi connectivity index (χ3n) is 2.75. The van der Waals surface area contributed by atoms with Crippen molar-refractivity contribution in [1.29, 1.82) is 0 Å². The van der Waals surface area contributed by atoms with Gasteiger partial charge in [-0.25, -0.2) is 4.79 Å². The molecule has 0 aliphatic carbocycles. The summed E-state index contributed by atoms with van der Waals surface area (Å²) in [6.45, 7) is 3.66. The lowest BCUT2D eigenvalue weighted by Crippen LogP contribution is -2.16. The van der Waals surface area contributed by atoms with Crippen LogP contribution in [-0.4, -0.2) is 27.2 Å². The Labute approximate surface area is 113 Å². The Kier molecular flexibility index (Phi) is 3.66. The van der Waals surface area contributed by atoms with Gasteiger partial charge in [0.05, 0.1) is 17.8 Å². The van der Waals surface area contributed by atoms with E-state index >= 15 is 0 Å². The number of anilines is 1. The Morgan fingerprint density at radius 3 is 2.79 bits per heavy atom. The summed E-state index contributed by atoms with van der Waals surface area (Å²) in [5.74, 6) is -1.30. The summed E-state index contributed by atoms with van der Waals surface area (Å²) in [7, 11) is 0. The molecule has 0 aliphatic heterocycles. The average Bonchev–Trinajstić information content (AvgIpc) is 2.91. The molecule has 0 aliphatic rings. The summed E-state index contributed by atoms with van der Waals surface area (Å²) in [4.78, 5) is 23.0. The highest BCUT2D eigenvalue weighted by molar-refractivity contribution is 7.12. The van der Waals surface area contributed by atoms with E-state index in [2.05, 4.69) is 15.5 Å². The molecule has 3 N–H and O–H groups in total. The maximum Gasteiger partial charge on any atom is 0.348 e. The van der Waals surface area contributed by atoms with Gasteiger partial charge < -0.3 is 10.4 Å². The van der Waals surface area contributed by atoms with Gasteiger partial charge in [-0.05, 0) is 25.3 Å². The minimum absolute atomic E-state index is 0.133. The Hall–Kier alpha value is -2.15. The molecule has 0 radical (unpaired) electrons. The number of hydrogen-bond donors (Lipinski definition) is 3. The maximum absolute atomic E-state index is 11.9. The number of aryl methyl sites for hydroxylation is 2. The van der Waals surface area contributed by atoms with Gasteiger partial charge in [-0.2, -0.15) is 5.10 Å². The van der Waals surface area contributed by atoms with Crippen molar-refractivity contribution in [3.8, 4) is 0 Å². The Morgan fingerprint density at radius 2 is 2.21 bits per heavy atom. The fourth-order valence-corrected chi connectivity index (χ4v) is 2.45. The molecule has 0 bridgehead atoms. The predicted octanol–water partition coefficient (Wildman–Crippen LogP) is 1.97. The van der Waals surface area contributed by atoms with Crippen molar-refractivity contribution in [2.75, 3.05) is 5.32 Å². The molecule has 0 unspecified atom stereocenters. The molecule has 2 rings (SSSR count). The number of amides is 1. The number of carboxylic acid groups (broad SMARTS) is 1. The van der Waals surface area contributed by atoms with Crippen LogP contribution in [0.2, 0.25) is 0 Å². The van der Waals surface area contributed by atoms with E-state index in [1.54, 1.807) is 11.4 Å². The number of carbonyl (C=O) groups excluding carboxylic acids is 1. The monoisotopic (exact) mass is 279 g/mol. The van der Waals surface area contributed by atoms with Crippen molar-refractivity contribution in [2.45, 2.75) is 20.3 Å². The van der Waals surface area contributed by atoms with Crippen LogP contribution in [0.4, 0.5) is 5.69 Å². The molecule has 100 valence electrons. The molecule has 0 saturated carbocycles. The number of hydrogen-bond acceptors (Lipinski definition) is 4. The van der Waals surface area contributed by atoms with Gasteiger partial charge in [0, 0.05) is 11.3 Å². The molecule has 7 heteroatoms. The molecule has 2 aromatic rings. The van der Waals surface area contributed by atoms with E-state index in [-0.39, 0.29) is 17.2 Å². The van der Waals surface area contributed by atoms with Crippen LogP contribution in [-0.2, 0) is 11.2 Å². The van der Waals surface area contributed by atoms with Gasteiger partial charge in [-0.1, -0.05) is 0 Å². The zero-order chi connectivity index (χ0) is 14.0. The summed E-state index contributed by atoms with van der Waals surface area (Å²) >= 11 is 1.08. The first-order chi connectivity index (χ1) is 8.99. The molecule has 2 heterocycles. The minimum atomic E-state index is -1.04. The number of aromatic nitrogens is 2. The lowest BCUT2D eigenvalue weighted by Gasteiger charge is -2.04. The van der Waals surface area contributed by atoms with Crippen LogP contribution in [0, 0.1) is 13.8 Å². The number of nitrogens with one attached hydrogen (secondary N) is 2. The summed E-state index contributed by atoms with van der Waals surface area (Å²) in [5.41, 5.74) is 2.79. The number of thiophene rings is 1. The number of carbonyl (C=O) groups is 2. The van der Waals surface area contributed by atoms with Gasteiger partial charge in [-0.15, -0.1) is 11.3 Å². The second kappa shape index (κ2) is 5.23. The number of carboxylic acids is 1. The summed E-state index contributed by atoms with van der Waals surface area (Å²) < 4.78 is 0. The zero-order valence-electron chi connectivity index (χ0n) is 10.5. The van der Waals surface area contributed by atoms with E-state index in [4.69, 9.17) is 5.11 Å². The highest BCUT2D eigenvalue weighted by Crippen LogP contribution is 2.22. The fourth-order valence-electron chi connectivity index (χ4n) is 1.76. The fraction of sp³-hybridized carbons (Fsp3) is 0.250. The van der Waals surface area contributed by atoms with Crippen LogP contribution in [0.25, 0.3) is 0 Å². The Balaban J connectivity index is 2.10. The van der Waals surface area contributed by atoms with Gasteiger partial charge in [0.2, 0.25) is 5.91 Å². The minimum Gasteiger partial charge on any atom is -0.477 e. The van der Waals surface area contributed by atoms with Crippen LogP contribution < -0.4 is 5.32 Å². The summed E-state index contributed by atoms with van der Waals surface area (Å²) in [6.07, 6.45) is 0.170. The van der Waals surface area contributed by atoms with Crippen LogP contribution in [0.5, 0.6) is 0 Å². The Morgan fingerprint density at radius 1 is 1.47 bits per heavy atom. The van der Waals surface area contributed by atoms with Gasteiger partial charge in [0.25, 0.3) is 0 Å². The van der Waals surface area contributed by atoms with Crippen molar-refractivity contribution < 1.29 is 14.7 Å². The van der Waals surface area contributed by atoms with E-state index in [0.29, 0.717) is 5.69 Å². The highest BCUT2D eigenvalue weighted by Gasteiger charge is 2.16. The van der Waals surface area contributed by atoms with Crippen molar-refractivity contribution in [1.82, 2.24) is 10.2 Å². The van der Waals surface area contributed by atoms with Gasteiger partial charge in [0.1, 0.15) is 4.88 Å². The topological polar surface area (TPSA) is 95.1 Å². The first-order valence-electron chi connectivity index (χ1n) is 5.60. The molecule has 1 amide bonds. The zero-order valence-corrected chi connectivity index (χ0v) is 11.3. The van der Waals surface area contributed by atoms with Crippen molar-refractivity contribution in [3.63, 3.8) is 0 Å². The number of aromatic amines is 1. The molecule has 0 spiro atoms. The predicted molar refractivity (Wildman–Crippen MR) is 71.7 cm³/mol. The second-order valence-electron chi connectivity index (χ2n) is 4.11. The van der Waals surface area contributed by atoms with Crippen LogP contribution in [0.3, 0.4) is 0 Å². The lowest BCUT2D eigenvalue weighted by molar-refractivity contribution is -0.115. The van der Waals surface area contributed by atoms with Crippen molar-refractivity contribution in [3.05, 3.63) is 33.3 Å². The number of H-pyrrole nitrogens is 1. The smallest absolute Gasteiger partial charge is 0.348 e. The van der Waals surface area contributed by atoms with Gasteiger partial charge in [0.15, 0.2) is 0 Å². The third kappa shape index (κ3) is 2.82. The standard InChI is InChI=1S/C12H13N3O3S/c1-6-8(7(2)15-14-6)5-10(16)13-9-3-4-19-11(9)12(17)18/h3-4H,5H2,1-2H3,(H,13,16)(H,14,15)(H,17,18). The summed E-state index contributed by atoms with van der Waals surface area (Å²) in [6, 6.07) is 1.58. The van der Waals surface area contributed by atoms with Crippen LogP contribution in [0.1, 0.15) is 26.6 Å². The Bertz CT molecular complexity index is 610. The van der Waals surface area contributed by atoms with E-state index in [9.17, 15) is 9.59 Å². The average molecular weight is 279 g/mol. The number of nitrogens with zero attached hydrogens (tertiary/aromatic N) is 1. The summed E-state index contributed by atoms with van der Waals surface area (Å²) in [5, 5.41) is 20.0. The maximum atomic E-state index is 11.9. The quantitative estimate of drug-likeness (QED) is 0.797. The van der Waals surface area contributed by atoms with E-state index in [0.717, 1.165) is 28.3 Å². The molecule has 0 atom stereocenters. The normalized spacial score (nSPS) is 10.4. The molecule has 0 aromatic carbocycles. The number of aromatic carboxylic acids is 1. The molecule has 0 fully saturated rings. The SMILES string of the molecule is Cc1n[nH]c(C)c1CC(=O)Nc1ccsc1C(=O)O. The van der Waals surface area contributed by atoms with Crippen LogP contribution in [0.15, 0.2) is 11.4 Å². The molecule has 6 nitrogen and oxygen atoms in total. The molecular formula is C12H13N3O3S. The van der Waals surface area contributed by atoms with E-state index in [1.165, 1.54) is 0 Å². The van der Waals surface area contributed by atoms with Crippen LogP contribution >= 0.6 is 11.3 Å².